The second-order valence-electron chi connectivity index (χ2n) is 3.96. The average Bonchev–Trinajstić information content (AvgIpc) is 2.38. The van der Waals surface area contributed by atoms with Crippen LogP contribution in [0.15, 0.2) is 36.4 Å². The zero-order chi connectivity index (χ0) is 12.4. The first kappa shape index (κ1) is 12.2. The Labute approximate surface area is 104 Å². The summed E-state index contributed by atoms with van der Waals surface area (Å²) in [5.74, 6) is -0.0140. The minimum Gasteiger partial charge on any atom is -0.398 e. The predicted molar refractivity (Wildman–Crippen MR) is 70.0 cm³/mol. The monoisotopic (exact) mass is 251 g/mol. The van der Waals surface area contributed by atoms with Crippen LogP contribution in [0, 0.1) is 0 Å². The van der Waals surface area contributed by atoms with E-state index in [4.69, 9.17) is 17.3 Å². The second-order valence-corrected chi connectivity index (χ2v) is 4.26. The molecule has 0 saturated carbocycles. The molecule has 2 aromatic carbocycles. The maximum absolute atomic E-state index is 10.0. The molecule has 90 valence electrons. The molecule has 0 spiro atoms. The fraction of sp³-hybridized carbons (Fsp3) is 0.231. The molecule has 0 aromatic heterocycles. The molecule has 0 bridgehead atoms. The number of nitrogen functional groups attached to an aromatic ring is 1. The summed E-state index contributed by atoms with van der Waals surface area (Å²) in [7, 11) is 0. The van der Waals surface area contributed by atoms with E-state index in [1.807, 2.05) is 24.3 Å². The van der Waals surface area contributed by atoms with Crippen LogP contribution in [0.1, 0.15) is 11.7 Å². The van der Waals surface area contributed by atoms with Crippen molar-refractivity contribution in [3.8, 4) is 0 Å². The number of nitrogens with two attached hydrogens (primary N) is 1. The SMILES string of the molecule is Nc1ccc(C(O)C(O)CCl)c2ccccc12. The molecule has 3 nitrogen and oxygen atoms in total. The van der Waals surface area contributed by atoms with Gasteiger partial charge in [0.1, 0.15) is 6.10 Å². The van der Waals surface area contributed by atoms with Crippen molar-refractivity contribution in [3.05, 3.63) is 42.0 Å². The number of aliphatic hydroxyl groups excluding tert-OH is 2. The van der Waals surface area contributed by atoms with Crippen molar-refractivity contribution in [1.29, 1.82) is 0 Å². The van der Waals surface area contributed by atoms with Crippen LogP contribution in [0.25, 0.3) is 10.8 Å². The molecule has 0 fully saturated rings. The van der Waals surface area contributed by atoms with Crippen LogP contribution in [0.4, 0.5) is 5.69 Å². The highest BCUT2D eigenvalue weighted by molar-refractivity contribution is 6.18. The van der Waals surface area contributed by atoms with E-state index >= 15 is 0 Å². The van der Waals surface area contributed by atoms with Crippen molar-refractivity contribution in [2.75, 3.05) is 11.6 Å². The minimum absolute atomic E-state index is 0.0140. The molecule has 4 N–H and O–H groups in total. The van der Waals surface area contributed by atoms with E-state index in [-0.39, 0.29) is 5.88 Å². The molecule has 0 amide bonds. The molecular formula is C13H14ClNO2. The van der Waals surface area contributed by atoms with Crippen molar-refractivity contribution in [2.24, 2.45) is 0 Å². The largest absolute Gasteiger partial charge is 0.398 e. The molecule has 0 aliphatic rings. The lowest BCUT2D eigenvalue weighted by atomic mass is 9.97. The molecule has 0 aliphatic heterocycles. The maximum Gasteiger partial charge on any atom is 0.107 e. The van der Waals surface area contributed by atoms with E-state index in [0.29, 0.717) is 11.3 Å². The molecule has 0 radical (unpaired) electrons. The Morgan fingerprint density at radius 3 is 2.35 bits per heavy atom. The summed E-state index contributed by atoms with van der Waals surface area (Å²) in [5.41, 5.74) is 7.16. The first-order valence-electron chi connectivity index (χ1n) is 5.34. The third kappa shape index (κ3) is 2.22. The van der Waals surface area contributed by atoms with Gasteiger partial charge in [-0.15, -0.1) is 11.6 Å². The van der Waals surface area contributed by atoms with Crippen molar-refractivity contribution in [3.63, 3.8) is 0 Å². The van der Waals surface area contributed by atoms with Crippen molar-refractivity contribution >= 4 is 28.1 Å². The smallest absolute Gasteiger partial charge is 0.107 e. The zero-order valence-electron chi connectivity index (χ0n) is 9.18. The van der Waals surface area contributed by atoms with E-state index in [9.17, 15) is 10.2 Å². The summed E-state index contributed by atoms with van der Waals surface area (Å²) in [5, 5.41) is 21.3. The number of alkyl halides is 1. The highest BCUT2D eigenvalue weighted by Gasteiger charge is 2.19. The second kappa shape index (κ2) is 4.92. The Balaban J connectivity index is 2.59. The molecule has 0 saturated heterocycles. The van der Waals surface area contributed by atoms with Gasteiger partial charge in [-0.1, -0.05) is 30.3 Å². The number of benzene rings is 2. The minimum atomic E-state index is -1.00. The van der Waals surface area contributed by atoms with E-state index in [2.05, 4.69) is 0 Å². The summed E-state index contributed by atoms with van der Waals surface area (Å²) >= 11 is 5.54. The molecule has 2 atom stereocenters. The van der Waals surface area contributed by atoms with Gasteiger partial charge in [0.25, 0.3) is 0 Å². The summed E-state index contributed by atoms with van der Waals surface area (Å²) in [6.45, 7) is 0. The molecule has 4 heteroatoms. The standard InChI is InChI=1S/C13H14ClNO2/c14-7-12(16)13(17)10-5-6-11(15)9-4-2-1-3-8(9)10/h1-6,12-13,16-17H,7,15H2. The van der Waals surface area contributed by atoms with E-state index in [1.165, 1.54) is 0 Å². The van der Waals surface area contributed by atoms with Gasteiger partial charge in [0.2, 0.25) is 0 Å². The average molecular weight is 252 g/mol. The van der Waals surface area contributed by atoms with Gasteiger partial charge in [-0.3, -0.25) is 0 Å². The molecule has 2 rings (SSSR count). The quantitative estimate of drug-likeness (QED) is 0.578. The first-order chi connectivity index (χ1) is 8.15. The van der Waals surface area contributed by atoms with Crippen LogP contribution in [0.5, 0.6) is 0 Å². The van der Waals surface area contributed by atoms with Crippen molar-refractivity contribution in [1.82, 2.24) is 0 Å². The third-order valence-corrected chi connectivity index (χ3v) is 3.15. The fourth-order valence-corrected chi connectivity index (χ4v) is 2.06. The Morgan fingerprint density at radius 2 is 1.71 bits per heavy atom. The molecular weight excluding hydrogens is 238 g/mol. The molecule has 0 heterocycles. The highest BCUT2D eigenvalue weighted by Crippen LogP contribution is 2.30. The normalized spacial score (nSPS) is 14.8. The summed E-state index contributed by atoms with van der Waals surface area (Å²) in [6, 6.07) is 10.9. The van der Waals surface area contributed by atoms with Crippen LogP contribution in [-0.4, -0.2) is 22.2 Å². The van der Waals surface area contributed by atoms with E-state index in [0.717, 1.165) is 10.8 Å². The van der Waals surface area contributed by atoms with Gasteiger partial charge < -0.3 is 15.9 Å². The van der Waals surface area contributed by atoms with Crippen molar-refractivity contribution < 1.29 is 10.2 Å². The van der Waals surface area contributed by atoms with Crippen LogP contribution in [0.3, 0.4) is 0 Å². The Bertz CT molecular complexity index is 530. The number of fused-ring (bicyclic) bond motifs is 1. The van der Waals surface area contributed by atoms with E-state index < -0.39 is 12.2 Å². The fourth-order valence-electron chi connectivity index (χ4n) is 1.90. The number of halogens is 1. The predicted octanol–water partition coefficient (Wildman–Crippen LogP) is 2.06. The molecule has 0 aliphatic carbocycles. The van der Waals surface area contributed by atoms with Gasteiger partial charge in [0.15, 0.2) is 0 Å². The Kier molecular flexibility index (Phi) is 3.52. The van der Waals surface area contributed by atoms with Gasteiger partial charge in [0.05, 0.1) is 12.0 Å². The molecule has 2 unspecified atom stereocenters. The summed E-state index contributed by atoms with van der Waals surface area (Å²) in [4.78, 5) is 0. The molecule has 2 aromatic rings. The summed E-state index contributed by atoms with van der Waals surface area (Å²) in [6.07, 6.45) is -1.98. The number of rotatable bonds is 3. The third-order valence-electron chi connectivity index (χ3n) is 2.83. The van der Waals surface area contributed by atoms with E-state index in [1.54, 1.807) is 12.1 Å². The number of aliphatic hydroxyl groups is 2. The van der Waals surface area contributed by atoms with Crippen LogP contribution < -0.4 is 5.73 Å². The number of hydrogen-bond donors (Lipinski definition) is 3. The summed E-state index contributed by atoms with van der Waals surface area (Å²) < 4.78 is 0. The number of hydrogen-bond acceptors (Lipinski definition) is 3. The van der Waals surface area contributed by atoms with Gasteiger partial charge in [0, 0.05) is 11.1 Å². The lowest BCUT2D eigenvalue weighted by molar-refractivity contribution is 0.0336. The van der Waals surface area contributed by atoms with Crippen LogP contribution in [0.2, 0.25) is 0 Å². The lowest BCUT2D eigenvalue weighted by Crippen LogP contribution is -2.20. The Hall–Kier alpha value is -1.29. The van der Waals surface area contributed by atoms with Gasteiger partial charge >= 0.3 is 0 Å². The topological polar surface area (TPSA) is 66.5 Å². The van der Waals surface area contributed by atoms with Crippen molar-refractivity contribution in [2.45, 2.75) is 12.2 Å². The maximum atomic E-state index is 10.0. The van der Waals surface area contributed by atoms with Crippen LogP contribution >= 0.6 is 11.6 Å². The molecule has 17 heavy (non-hydrogen) atoms. The lowest BCUT2D eigenvalue weighted by Gasteiger charge is -2.18. The van der Waals surface area contributed by atoms with Gasteiger partial charge in [-0.25, -0.2) is 0 Å². The van der Waals surface area contributed by atoms with Gasteiger partial charge in [-0.2, -0.15) is 0 Å². The highest BCUT2D eigenvalue weighted by atomic mass is 35.5. The van der Waals surface area contributed by atoms with Crippen LogP contribution in [-0.2, 0) is 0 Å². The first-order valence-corrected chi connectivity index (χ1v) is 5.88. The zero-order valence-corrected chi connectivity index (χ0v) is 9.93. The van der Waals surface area contributed by atoms with Gasteiger partial charge in [-0.05, 0) is 17.0 Å². The number of anilines is 1. The Morgan fingerprint density at radius 1 is 1.06 bits per heavy atom.